The maximum Gasteiger partial charge on any atom is 0.273 e. The summed E-state index contributed by atoms with van der Waals surface area (Å²) in [6.45, 7) is 1.47. The first kappa shape index (κ1) is 14.2. The smallest absolute Gasteiger partial charge is 0.273 e. The second-order valence-electron chi connectivity index (χ2n) is 3.57. The predicted octanol–water partition coefficient (Wildman–Crippen LogP) is 3.18. The molecule has 0 spiro atoms. The van der Waals surface area contributed by atoms with E-state index in [1.165, 1.54) is 6.92 Å². The lowest BCUT2D eigenvalue weighted by molar-refractivity contribution is 0.583. The molecule has 9 heteroatoms. The van der Waals surface area contributed by atoms with E-state index >= 15 is 0 Å². The molecule has 0 amide bonds. The van der Waals surface area contributed by atoms with E-state index in [0.717, 1.165) is 23.5 Å². The molecule has 0 saturated carbocycles. The van der Waals surface area contributed by atoms with Gasteiger partial charge in [-0.2, -0.15) is 0 Å². The quantitative estimate of drug-likeness (QED) is 0.943. The van der Waals surface area contributed by atoms with Crippen LogP contribution in [0.4, 0.5) is 14.5 Å². The van der Waals surface area contributed by atoms with E-state index in [9.17, 15) is 17.2 Å². The van der Waals surface area contributed by atoms with Crippen LogP contribution >= 0.6 is 22.9 Å². The number of nitrogens with zero attached hydrogens (tertiary/aromatic N) is 1. The standard InChI is InChI=1S/C10H7ClF2N2O2S2/c1-5-9(18-10(11)14-5)19(16,17)15-8-3-2-6(12)4-7(8)13/h2-4,15H,1H3. The maximum absolute atomic E-state index is 13.4. The van der Waals surface area contributed by atoms with Crippen LogP contribution < -0.4 is 4.72 Å². The zero-order valence-electron chi connectivity index (χ0n) is 9.45. The molecule has 2 rings (SSSR count). The zero-order chi connectivity index (χ0) is 14.2. The number of aryl methyl sites for hydroxylation is 1. The SMILES string of the molecule is Cc1nc(Cl)sc1S(=O)(=O)Nc1ccc(F)cc1F. The summed E-state index contributed by atoms with van der Waals surface area (Å²) in [5, 5.41) is 0. The zero-order valence-corrected chi connectivity index (χ0v) is 11.8. The van der Waals surface area contributed by atoms with Crippen molar-refractivity contribution in [1.82, 2.24) is 4.98 Å². The summed E-state index contributed by atoms with van der Waals surface area (Å²) < 4.78 is 52.1. The number of benzene rings is 1. The van der Waals surface area contributed by atoms with Gasteiger partial charge in [0.15, 0.2) is 8.68 Å². The number of sulfonamides is 1. The van der Waals surface area contributed by atoms with Crippen molar-refractivity contribution in [2.24, 2.45) is 0 Å². The van der Waals surface area contributed by atoms with Crippen molar-refractivity contribution in [3.05, 3.63) is 40.0 Å². The molecule has 0 aliphatic rings. The van der Waals surface area contributed by atoms with E-state index in [1.54, 1.807) is 0 Å². The molecular formula is C10H7ClF2N2O2S2. The van der Waals surface area contributed by atoms with E-state index in [-0.39, 0.29) is 20.1 Å². The Morgan fingerprint density at radius 3 is 2.58 bits per heavy atom. The molecule has 2 aromatic rings. The van der Waals surface area contributed by atoms with Crippen LogP contribution in [0, 0.1) is 18.6 Å². The summed E-state index contributed by atoms with van der Waals surface area (Å²) in [5.41, 5.74) is -0.129. The molecule has 102 valence electrons. The summed E-state index contributed by atoms with van der Waals surface area (Å²) >= 11 is 6.38. The summed E-state index contributed by atoms with van der Waals surface area (Å²) in [6, 6.07) is 2.54. The molecule has 0 radical (unpaired) electrons. The van der Waals surface area contributed by atoms with Crippen molar-refractivity contribution in [3.8, 4) is 0 Å². The first-order valence-corrected chi connectivity index (χ1v) is 7.58. The van der Waals surface area contributed by atoms with Crippen LogP contribution in [0.25, 0.3) is 0 Å². The minimum atomic E-state index is -4.00. The molecule has 19 heavy (non-hydrogen) atoms. The van der Waals surface area contributed by atoms with Crippen LogP contribution in [0.15, 0.2) is 22.4 Å². The third kappa shape index (κ3) is 3.02. The number of thiazole rings is 1. The van der Waals surface area contributed by atoms with Gasteiger partial charge in [-0.15, -0.1) is 0 Å². The Bertz CT molecular complexity index is 731. The van der Waals surface area contributed by atoms with Crippen LogP contribution in [-0.2, 0) is 10.0 Å². The topological polar surface area (TPSA) is 59.1 Å². The molecule has 0 saturated heterocycles. The van der Waals surface area contributed by atoms with Gasteiger partial charge >= 0.3 is 0 Å². The second kappa shape index (κ2) is 5.03. The summed E-state index contributed by atoms with van der Waals surface area (Å²) in [6.07, 6.45) is 0. The number of hydrogen-bond donors (Lipinski definition) is 1. The first-order valence-electron chi connectivity index (χ1n) is 4.90. The molecule has 4 nitrogen and oxygen atoms in total. The molecule has 0 unspecified atom stereocenters. The average Bonchev–Trinajstić information content (AvgIpc) is 2.63. The van der Waals surface area contributed by atoms with Crippen molar-refractivity contribution in [1.29, 1.82) is 0 Å². The number of hydrogen-bond acceptors (Lipinski definition) is 4. The fourth-order valence-electron chi connectivity index (χ4n) is 1.36. The number of nitrogens with one attached hydrogen (secondary N) is 1. The predicted molar refractivity (Wildman–Crippen MR) is 69.0 cm³/mol. The van der Waals surface area contributed by atoms with Gasteiger partial charge in [0.25, 0.3) is 10.0 Å². The van der Waals surface area contributed by atoms with Crippen molar-refractivity contribution in [2.75, 3.05) is 4.72 Å². The van der Waals surface area contributed by atoms with Crippen LogP contribution in [-0.4, -0.2) is 13.4 Å². The van der Waals surface area contributed by atoms with Gasteiger partial charge in [-0.05, 0) is 19.1 Å². The minimum absolute atomic E-state index is 0.0671. The second-order valence-corrected chi connectivity index (χ2v) is 7.03. The first-order chi connectivity index (χ1) is 8.79. The van der Waals surface area contributed by atoms with Gasteiger partial charge in [0, 0.05) is 6.07 Å². The Kier molecular flexibility index (Phi) is 3.75. The van der Waals surface area contributed by atoms with E-state index in [2.05, 4.69) is 4.98 Å². The number of anilines is 1. The molecule has 1 aromatic heterocycles. The summed E-state index contributed by atoms with van der Waals surface area (Å²) in [4.78, 5) is 3.77. The summed E-state index contributed by atoms with van der Waals surface area (Å²) in [7, 11) is -4.00. The highest BCUT2D eigenvalue weighted by atomic mass is 35.5. The molecule has 1 N–H and O–H groups in total. The molecule has 0 aliphatic heterocycles. The van der Waals surface area contributed by atoms with Crippen molar-refractivity contribution >= 4 is 38.6 Å². The fraction of sp³-hybridized carbons (Fsp3) is 0.100. The maximum atomic E-state index is 13.4. The van der Waals surface area contributed by atoms with Gasteiger partial charge in [0.05, 0.1) is 11.4 Å². The number of rotatable bonds is 3. The highest BCUT2D eigenvalue weighted by Crippen LogP contribution is 2.29. The lowest BCUT2D eigenvalue weighted by Crippen LogP contribution is -2.13. The van der Waals surface area contributed by atoms with Crippen molar-refractivity contribution in [2.45, 2.75) is 11.1 Å². The van der Waals surface area contributed by atoms with E-state index in [4.69, 9.17) is 11.6 Å². The Morgan fingerprint density at radius 1 is 1.37 bits per heavy atom. The average molecular weight is 325 g/mol. The largest absolute Gasteiger partial charge is 0.276 e. The fourth-order valence-corrected chi connectivity index (χ4v) is 4.17. The normalized spacial score (nSPS) is 11.6. The molecule has 1 aromatic carbocycles. The lowest BCUT2D eigenvalue weighted by Gasteiger charge is -2.07. The minimum Gasteiger partial charge on any atom is -0.276 e. The van der Waals surface area contributed by atoms with Crippen molar-refractivity contribution < 1.29 is 17.2 Å². The van der Waals surface area contributed by atoms with Gasteiger partial charge < -0.3 is 0 Å². The van der Waals surface area contributed by atoms with Gasteiger partial charge in [0.1, 0.15) is 11.6 Å². The monoisotopic (exact) mass is 324 g/mol. The summed E-state index contributed by atoms with van der Waals surface area (Å²) in [5.74, 6) is -1.80. The Balaban J connectivity index is 2.39. The van der Waals surface area contributed by atoms with Crippen LogP contribution in [0.5, 0.6) is 0 Å². The van der Waals surface area contributed by atoms with Gasteiger partial charge in [-0.1, -0.05) is 22.9 Å². The third-order valence-corrected chi connectivity index (χ3v) is 5.38. The molecule has 0 atom stereocenters. The van der Waals surface area contributed by atoms with Gasteiger partial charge in [0.2, 0.25) is 0 Å². The van der Waals surface area contributed by atoms with E-state index < -0.39 is 21.7 Å². The highest BCUT2D eigenvalue weighted by molar-refractivity contribution is 7.94. The van der Waals surface area contributed by atoms with Crippen LogP contribution in [0.1, 0.15) is 5.69 Å². The Hall–Kier alpha value is -1.25. The van der Waals surface area contributed by atoms with Crippen LogP contribution in [0.3, 0.4) is 0 Å². The van der Waals surface area contributed by atoms with E-state index in [0.29, 0.717) is 6.07 Å². The molecule has 1 heterocycles. The molecule has 0 bridgehead atoms. The van der Waals surface area contributed by atoms with Crippen molar-refractivity contribution in [3.63, 3.8) is 0 Å². The molecular weight excluding hydrogens is 318 g/mol. The van der Waals surface area contributed by atoms with Crippen LogP contribution in [0.2, 0.25) is 4.47 Å². The lowest BCUT2D eigenvalue weighted by atomic mass is 10.3. The Morgan fingerprint density at radius 2 is 2.05 bits per heavy atom. The highest BCUT2D eigenvalue weighted by Gasteiger charge is 2.22. The Labute approximate surface area is 117 Å². The van der Waals surface area contributed by atoms with Gasteiger partial charge in [-0.25, -0.2) is 22.2 Å². The van der Waals surface area contributed by atoms with Gasteiger partial charge in [-0.3, -0.25) is 4.72 Å². The van der Waals surface area contributed by atoms with E-state index in [1.807, 2.05) is 4.72 Å². The molecule has 0 aliphatic carbocycles. The number of halogens is 3. The molecule has 0 fully saturated rings. The number of aromatic nitrogens is 1. The third-order valence-electron chi connectivity index (χ3n) is 2.15.